The number of carbonyl (C=O) groups is 1. The predicted molar refractivity (Wildman–Crippen MR) is 102 cm³/mol. The Bertz CT molecular complexity index is 896. The number of amides is 1. The maximum Gasteiger partial charge on any atom is 0.414 e. The summed E-state index contributed by atoms with van der Waals surface area (Å²) < 4.78 is 5.31. The van der Waals surface area contributed by atoms with E-state index in [0.29, 0.717) is 36.6 Å². The van der Waals surface area contributed by atoms with E-state index in [1.165, 1.54) is 6.07 Å². The molecular weight excluding hydrogens is 370 g/mol. The van der Waals surface area contributed by atoms with Crippen molar-refractivity contribution in [3.05, 3.63) is 63.2 Å². The van der Waals surface area contributed by atoms with Gasteiger partial charge in [0.15, 0.2) is 0 Å². The Labute approximate surface area is 161 Å². The third-order valence-electron chi connectivity index (χ3n) is 5.10. The number of benzene rings is 2. The molecule has 0 atom stereocenters. The summed E-state index contributed by atoms with van der Waals surface area (Å²) in [6.07, 6.45) is 1.01. The minimum atomic E-state index is -0.367. The summed E-state index contributed by atoms with van der Waals surface area (Å²) in [7, 11) is 0. The second kappa shape index (κ2) is 7.08. The van der Waals surface area contributed by atoms with Crippen LogP contribution in [-0.4, -0.2) is 30.1 Å². The van der Waals surface area contributed by atoms with Gasteiger partial charge in [0.25, 0.3) is 5.69 Å². The Kier molecular flexibility index (Phi) is 4.61. The maximum atomic E-state index is 12.4. The topological polar surface area (TPSA) is 75.9 Å². The van der Waals surface area contributed by atoms with Gasteiger partial charge < -0.3 is 9.64 Å². The Morgan fingerprint density at radius 3 is 2.59 bits per heavy atom. The molecule has 1 fully saturated rings. The smallest absolute Gasteiger partial charge is 0.414 e. The van der Waals surface area contributed by atoms with E-state index in [0.717, 1.165) is 11.3 Å². The van der Waals surface area contributed by atoms with Crippen LogP contribution in [0.2, 0.25) is 5.02 Å². The lowest BCUT2D eigenvalue weighted by Crippen LogP contribution is -2.49. The standard InChI is InChI=1S/C19H18ClN3O4/c20-14-6-5-13-12-27-19(24)22(18(13)11-14)15-7-9-21(10-8-15)16-3-1-2-4-17(16)23(25)26/h1-6,11,15H,7-10,12H2. The maximum absolute atomic E-state index is 12.4. The van der Waals surface area contributed by atoms with Gasteiger partial charge in [-0.15, -0.1) is 0 Å². The van der Waals surface area contributed by atoms with E-state index in [2.05, 4.69) is 0 Å². The Hall–Kier alpha value is -2.80. The van der Waals surface area contributed by atoms with E-state index in [9.17, 15) is 14.9 Å². The molecule has 2 aliphatic rings. The van der Waals surface area contributed by atoms with Crippen LogP contribution >= 0.6 is 11.6 Å². The molecule has 0 bridgehead atoms. The molecule has 0 aromatic heterocycles. The van der Waals surface area contributed by atoms with Crippen molar-refractivity contribution in [3.8, 4) is 0 Å². The molecule has 2 heterocycles. The fourth-order valence-electron chi connectivity index (χ4n) is 3.79. The third-order valence-corrected chi connectivity index (χ3v) is 5.34. The molecule has 0 aliphatic carbocycles. The molecule has 4 rings (SSSR count). The van der Waals surface area contributed by atoms with Gasteiger partial charge in [0.1, 0.15) is 12.3 Å². The van der Waals surface area contributed by atoms with E-state index >= 15 is 0 Å². The molecule has 0 spiro atoms. The second-order valence-electron chi connectivity index (χ2n) is 6.66. The van der Waals surface area contributed by atoms with Crippen molar-refractivity contribution in [2.75, 3.05) is 22.9 Å². The average Bonchev–Trinajstić information content (AvgIpc) is 2.68. The van der Waals surface area contributed by atoms with Crippen LogP contribution in [0.5, 0.6) is 0 Å². The summed E-state index contributed by atoms with van der Waals surface area (Å²) in [5.41, 5.74) is 2.44. The van der Waals surface area contributed by atoms with Gasteiger partial charge in [-0.1, -0.05) is 29.8 Å². The number of anilines is 2. The van der Waals surface area contributed by atoms with Crippen molar-refractivity contribution in [1.29, 1.82) is 0 Å². The SMILES string of the molecule is O=C1OCc2ccc(Cl)cc2N1C1CCN(c2ccccc2[N+](=O)[O-])CC1. The number of cyclic esters (lactones) is 1. The van der Waals surface area contributed by atoms with Gasteiger partial charge in [-0.05, 0) is 31.0 Å². The zero-order valence-corrected chi connectivity index (χ0v) is 15.3. The molecule has 1 amide bonds. The Balaban J connectivity index is 1.55. The van der Waals surface area contributed by atoms with Crippen LogP contribution in [0.3, 0.4) is 0 Å². The number of halogens is 1. The van der Waals surface area contributed by atoms with E-state index in [-0.39, 0.29) is 29.4 Å². The first-order valence-corrected chi connectivity index (χ1v) is 9.15. The molecule has 27 heavy (non-hydrogen) atoms. The summed E-state index contributed by atoms with van der Waals surface area (Å²) in [6.45, 7) is 1.49. The van der Waals surface area contributed by atoms with Crippen molar-refractivity contribution in [3.63, 3.8) is 0 Å². The van der Waals surface area contributed by atoms with Crippen molar-refractivity contribution in [2.45, 2.75) is 25.5 Å². The van der Waals surface area contributed by atoms with E-state index in [1.807, 2.05) is 11.0 Å². The predicted octanol–water partition coefficient (Wildman–Crippen LogP) is 4.37. The highest BCUT2D eigenvalue weighted by atomic mass is 35.5. The van der Waals surface area contributed by atoms with Crippen LogP contribution in [0.25, 0.3) is 0 Å². The lowest BCUT2D eigenvalue weighted by molar-refractivity contribution is -0.384. The number of hydrogen-bond acceptors (Lipinski definition) is 5. The van der Waals surface area contributed by atoms with E-state index in [1.54, 1.807) is 35.2 Å². The van der Waals surface area contributed by atoms with Crippen molar-refractivity contribution in [1.82, 2.24) is 0 Å². The van der Waals surface area contributed by atoms with Crippen LogP contribution in [0.15, 0.2) is 42.5 Å². The fraction of sp³-hybridized carbons (Fsp3) is 0.316. The van der Waals surface area contributed by atoms with Crippen LogP contribution < -0.4 is 9.80 Å². The lowest BCUT2D eigenvalue weighted by atomic mass is 10.00. The van der Waals surface area contributed by atoms with Crippen molar-refractivity contribution >= 4 is 34.8 Å². The summed E-state index contributed by atoms with van der Waals surface area (Å²) in [4.78, 5) is 27.0. The third kappa shape index (κ3) is 3.30. The molecular formula is C19H18ClN3O4. The number of nitro groups is 1. The quantitative estimate of drug-likeness (QED) is 0.577. The molecule has 1 saturated heterocycles. The number of para-hydroxylation sites is 2. The number of rotatable bonds is 3. The molecule has 2 aromatic rings. The largest absolute Gasteiger partial charge is 0.444 e. The van der Waals surface area contributed by atoms with E-state index in [4.69, 9.17) is 16.3 Å². The zero-order valence-electron chi connectivity index (χ0n) is 14.5. The molecule has 0 N–H and O–H groups in total. The van der Waals surface area contributed by atoms with Gasteiger partial charge in [-0.2, -0.15) is 0 Å². The molecule has 2 aliphatic heterocycles. The first-order valence-electron chi connectivity index (χ1n) is 8.77. The van der Waals surface area contributed by atoms with Gasteiger partial charge >= 0.3 is 6.09 Å². The van der Waals surface area contributed by atoms with Crippen LogP contribution in [0, 0.1) is 10.1 Å². The van der Waals surface area contributed by atoms with E-state index < -0.39 is 0 Å². The summed E-state index contributed by atoms with van der Waals surface area (Å²) in [6, 6.07) is 12.2. The number of nitrogens with zero attached hydrogens (tertiary/aromatic N) is 3. The molecule has 8 heteroatoms. The van der Waals surface area contributed by atoms with Gasteiger partial charge in [0, 0.05) is 35.8 Å². The second-order valence-corrected chi connectivity index (χ2v) is 7.10. The van der Waals surface area contributed by atoms with Crippen LogP contribution in [0.4, 0.5) is 21.9 Å². The van der Waals surface area contributed by atoms with Gasteiger partial charge in [0.2, 0.25) is 0 Å². The fourth-order valence-corrected chi connectivity index (χ4v) is 3.95. The van der Waals surface area contributed by atoms with Crippen molar-refractivity contribution in [2.24, 2.45) is 0 Å². The number of nitro benzene ring substituents is 1. The molecule has 0 unspecified atom stereocenters. The zero-order chi connectivity index (χ0) is 19.0. The summed E-state index contributed by atoms with van der Waals surface area (Å²) in [5.74, 6) is 0. The Morgan fingerprint density at radius 1 is 1.11 bits per heavy atom. The monoisotopic (exact) mass is 387 g/mol. The first-order chi connectivity index (χ1) is 13.0. The number of ether oxygens (including phenoxy) is 1. The van der Waals surface area contributed by atoms with Gasteiger partial charge in [0.05, 0.1) is 10.6 Å². The molecule has 0 radical (unpaired) electrons. The first kappa shape index (κ1) is 17.6. The normalized spacial score (nSPS) is 17.4. The molecule has 2 aromatic carbocycles. The minimum absolute atomic E-state index is 0.0333. The number of carbonyl (C=O) groups excluding carboxylic acids is 1. The molecule has 0 saturated carbocycles. The number of fused-ring (bicyclic) bond motifs is 1. The van der Waals surface area contributed by atoms with Crippen LogP contribution in [-0.2, 0) is 11.3 Å². The van der Waals surface area contributed by atoms with Gasteiger partial charge in [-0.25, -0.2) is 4.79 Å². The lowest BCUT2D eigenvalue weighted by Gasteiger charge is -2.40. The summed E-state index contributed by atoms with van der Waals surface area (Å²) >= 11 is 6.13. The average molecular weight is 388 g/mol. The number of hydrogen-bond donors (Lipinski definition) is 0. The highest BCUT2D eigenvalue weighted by Crippen LogP contribution is 2.36. The molecule has 7 nitrogen and oxygen atoms in total. The molecule has 140 valence electrons. The number of piperidine rings is 1. The summed E-state index contributed by atoms with van der Waals surface area (Å²) in [5, 5.41) is 11.9. The van der Waals surface area contributed by atoms with Gasteiger partial charge in [-0.3, -0.25) is 15.0 Å². The highest BCUT2D eigenvalue weighted by molar-refractivity contribution is 6.31. The van der Waals surface area contributed by atoms with Crippen molar-refractivity contribution < 1.29 is 14.5 Å². The Morgan fingerprint density at radius 2 is 1.85 bits per heavy atom. The highest BCUT2D eigenvalue weighted by Gasteiger charge is 2.35. The van der Waals surface area contributed by atoms with Crippen LogP contribution in [0.1, 0.15) is 18.4 Å². The minimum Gasteiger partial charge on any atom is -0.444 e.